The lowest BCUT2D eigenvalue weighted by atomic mass is 10.00. The van der Waals surface area contributed by atoms with Gasteiger partial charge in [-0.2, -0.15) is 0 Å². The second-order valence-electron chi connectivity index (χ2n) is 7.33. The van der Waals surface area contributed by atoms with Crippen LogP contribution in [0.2, 0.25) is 0 Å². The molecule has 0 aliphatic heterocycles. The SMILES string of the molecule is C=CCCCCOc1ccc(-c2ncc(CCCC[C@@H](C)CC)cn2)cc1. The lowest BCUT2D eigenvalue weighted by molar-refractivity contribution is 0.307. The fourth-order valence-electron chi connectivity index (χ4n) is 2.94. The van der Waals surface area contributed by atoms with Gasteiger partial charge >= 0.3 is 0 Å². The van der Waals surface area contributed by atoms with Gasteiger partial charge in [-0.15, -0.1) is 6.58 Å². The van der Waals surface area contributed by atoms with Gasteiger partial charge in [0.1, 0.15) is 5.75 Å². The van der Waals surface area contributed by atoms with Gasteiger partial charge < -0.3 is 4.74 Å². The first kappa shape index (κ1) is 21.1. The molecule has 0 radical (unpaired) electrons. The smallest absolute Gasteiger partial charge is 0.159 e. The first-order chi connectivity index (χ1) is 13.2. The summed E-state index contributed by atoms with van der Waals surface area (Å²) in [7, 11) is 0. The third-order valence-electron chi connectivity index (χ3n) is 5.00. The van der Waals surface area contributed by atoms with E-state index in [1.54, 1.807) is 0 Å². The summed E-state index contributed by atoms with van der Waals surface area (Å²) in [6, 6.07) is 8.05. The summed E-state index contributed by atoms with van der Waals surface area (Å²) in [4.78, 5) is 9.09. The van der Waals surface area contributed by atoms with Gasteiger partial charge in [0.25, 0.3) is 0 Å². The van der Waals surface area contributed by atoms with Crippen molar-refractivity contribution in [1.29, 1.82) is 0 Å². The van der Waals surface area contributed by atoms with E-state index >= 15 is 0 Å². The van der Waals surface area contributed by atoms with Crippen LogP contribution in [-0.2, 0) is 6.42 Å². The van der Waals surface area contributed by atoms with Gasteiger partial charge in [0.05, 0.1) is 6.61 Å². The highest BCUT2D eigenvalue weighted by Crippen LogP contribution is 2.20. The van der Waals surface area contributed by atoms with Crippen LogP contribution in [0.25, 0.3) is 11.4 Å². The minimum Gasteiger partial charge on any atom is -0.494 e. The first-order valence-corrected chi connectivity index (χ1v) is 10.4. The van der Waals surface area contributed by atoms with E-state index < -0.39 is 0 Å². The summed E-state index contributed by atoms with van der Waals surface area (Å²) in [6.45, 7) is 9.08. The highest BCUT2D eigenvalue weighted by molar-refractivity contribution is 5.55. The van der Waals surface area contributed by atoms with E-state index in [0.29, 0.717) is 0 Å². The van der Waals surface area contributed by atoms with Gasteiger partial charge in [0.15, 0.2) is 5.82 Å². The molecule has 0 bridgehead atoms. The monoisotopic (exact) mass is 366 g/mol. The van der Waals surface area contributed by atoms with E-state index in [0.717, 1.165) is 55.3 Å². The van der Waals surface area contributed by atoms with Crippen molar-refractivity contribution in [3.8, 4) is 17.1 Å². The van der Waals surface area contributed by atoms with Gasteiger partial charge in [0, 0.05) is 18.0 Å². The van der Waals surface area contributed by atoms with Crippen LogP contribution in [0.3, 0.4) is 0 Å². The molecule has 0 saturated carbocycles. The third-order valence-corrected chi connectivity index (χ3v) is 5.00. The molecule has 0 spiro atoms. The molecule has 3 heteroatoms. The molecule has 1 heterocycles. The number of benzene rings is 1. The van der Waals surface area contributed by atoms with Crippen molar-refractivity contribution in [2.45, 2.75) is 65.2 Å². The zero-order chi connectivity index (χ0) is 19.3. The van der Waals surface area contributed by atoms with Crippen molar-refractivity contribution in [2.75, 3.05) is 6.61 Å². The molecule has 27 heavy (non-hydrogen) atoms. The lowest BCUT2D eigenvalue weighted by Gasteiger charge is -2.08. The van der Waals surface area contributed by atoms with Crippen LogP contribution in [0, 0.1) is 5.92 Å². The Morgan fingerprint density at radius 1 is 1.04 bits per heavy atom. The summed E-state index contributed by atoms with van der Waals surface area (Å²) < 4.78 is 5.77. The van der Waals surface area contributed by atoms with Crippen molar-refractivity contribution in [2.24, 2.45) is 5.92 Å². The molecule has 2 aromatic rings. The largest absolute Gasteiger partial charge is 0.494 e. The predicted molar refractivity (Wildman–Crippen MR) is 114 cm³/mol. The average Bonchev–Trinajstić information content (AvgIpc) is 2.72. The topological polar surface area (TPSA) is 35.0 Å². The molecular weight excluding hydrogens is 332 g/mol. The van der Waals surface area contributed by atoms with E-state index in [-0.39, 0.29) is 0 Å². The summed E-state index contributed by atoms with van der Waals surface area (Å²) >= 11 is 0. The van der Waals surface area contributed by atoms with Crippen molar-refractivity contribution < 1.29 is 4.74 Å². The number of aryl methyl sites for hydroxylation is 1. The molecule has 0 aliphatic carbocycles. The summed E-state index contributed by atoms with van der Waals surface area (Å²) in [5.41, 5.74) is 2.25. The first-order valence-electron chi connectivity index (χ1n) is 10.4. The molecule has 0 amide bonds. The Hall–Kier alpha value is -2.16. The zero-order valence-electron chi connectivity index (χ0n) is 17.0. The second kappa shape index (κ2) is 12.3. The van der Waals surface area contributed by atoms with Gasteiger partial charge in [-0.3, -0.25) is 0 Å². The fraction of sp³-hybridized carbons (Fsp3) is 0.500. The number of aromatic nitrogens is 2. The van der Waals surface area contributed by atoms with Crippen molar-refractivity contribution in [3.63, 3.8) is 0 Å². The third kappa shape index (κ3) is 7.94. The molecule has 0 aliphatic rings. The van der Waals surface area contributed by atoms with Crippen LogP contribution < -0.4 is 4.74 Å². The normalized spacial score (nSPS) is 11.9. The summed E-state index contributed by atoms with van der Waals surface area (Å²) in [5.74, 6) is 2.51. The van der Waals surface area contributed by atoms with Crippen molar-refractivity contribution in [1.82, 2.24) is 9.97 Å². The Bertz CT molecular complexity index is 649. The second-order valence-corrected chi connectivity index (χ2v) is 7.33. The standard InChI is InChI=1S/C24H34N2O/c1-4-6-7-10-17-27-23-15-13-22(14-16-23)24-25-18-21(19-26-24)12-9-8-11-20(3)5-2/h4,13-16,18-20H,1,5-12,17H2,2-3H3/t20-/m0/s1. The molecular formula is C24H34N2O. The fourth-order valence-corrected chi connectivity index (χ4v) is 2.94. The average molecular weight is 367 g/mol. The Balaban J connectivity index is 1.77. The van der Waals surface area contributed by atoms with Crippen LogP contribution in [0.1, 0.15) is 64.4 Å². The molecule has 1 atom stereocenters. The molecule has 2 rings (SSSR count). The Morgan fingerprint density at radius 2 is 1.78 bits per heavy atom. The number of nitrogens with zero attached hydrogens (tertiary/aromatic N) is 2. The number of rotatable bonds is 13. The maximum Gasteiger partial charge on any atom is 0.159 e. The minimum atomic E-state index is 0.745. The van der Waals surface area contributed by atoms with Gasteiger partial charge in [-0.25, -0.2) is 9.97 Å². The molecule has 1 aromatic heterocycles. The van der Waals surface area contributed by atoms with Crippen molar-refractivity contribution >= 4 is 0 Å². The van der Waals surface area contributed by atoms with Crippen LogP contribution in [0.5, 0.6) is 5.75 Å². The van der Waals surface area contributed by atoms with E-state index in [4.69, 9.17) is 4.74 Å². The highest BCUT2D eigenvalue weighted by Gasteiger charge is 2.04. The predicted octanol–water partition coefficient (Wildman–Crippen LogP) is 6.64. The van der Waals surface area contributed by atoms with E-state index in [9.17, 15) is 0 Å². The number of ether oxygens (including phenoxy) is 1. The Morgan fingerprint density at radius 3 is 2.44 bits per heavy atom. The molecule has 0 unspecified atom stereocenters. The molecule has 3 nitrogen and oxygen atoms in total. The van der Waals surface area contributed by atoms with Gasteiger partial charge in [-0.1, -0.05) is 39.2 Å². The Labute approximate surface area is 164 Å². The van der Waals surface area contributed by atoms with E-state index in [1.165, 1.54) is 31.2 Å². The zero-order valence-corrected chi connectivity index (χ0v) is 17.0. The molecule has 1 aromatic carbocycles. The lowest BCUT2D eigenvalue weighted by Crippen LogP contribution is -1.97. The molecule has 0 saturated heterocycles. The maximum absolute atomic E-state index is 5.77. The molecule has 146 valence electrons. The highest BCUT2D eigenvalue weighted by atomic mass is 16.5. The summed E-state index contributed by atoms with van der Waals surface area (Å²) in [6.07, 6.45) is 15.3. The van der Waals surface area contributed by atoms with Crippen LogP contribution in [0.15, 0.2) is 49.3 Å². The number of hydrogen-bond acceptors (Lipinski definition) is 3. The number of allylic oxidation sites excluding steroid dienone is 1. The van der Waals surface area contributed by atoms with Crippen LogP contribution >= 0.6 is 0 Å². The van der Waals surface area contributed by atoms with Crippen molar-refractivity contribution in [3.05, 3.63) is 54.9 Å². The van der Waals surface area contributed by atoms with Gasteiger partial charge in [0.2, 0.25) is 0 Å². The van der Waals surface area contributed by atoms with Gasteiger partial charge in [-0.05, 0) is 67.9 Å². The molecule has 0 N–H and O–H groups in total. The van der Waals surface area contributed by atoms with E-state index in [2.05, 4.69) is 30.4 Å². The number of unbranched alkanes of at least 4 members (excludes halogenated alkanes) is 3. The minimum absolute atomic E-state index is 0.745. The van der Waals surface area contributed by atoms with Crippen LogP contribution in [-0.4, -0.2) is 16.6 Å². The van der Waals surface area contributed by atoms with E-state index in [1.807, 2.05) is 42.7 Å². The van der Waals surface area contributed by atoms with Crippen LogP contribution in [0.4, 0.5) is 0 Å². The quantitative estimate of drug-likeness (QED) is 0.294. The number of hydrogen-bond donors (Lipinski definition) is 0. The maximum atomic E-state index is 5.77. The molecule has 0 fully saturated rings. The Kier molecular flexibility index (Phi) is 9.61. The summed E-state index contributed by atoms with van der Waals surface area (Å²) in [5, 5.41) is 0.